The Hall–Kier alpha value is -1.89. The van der Waals surface area contributed by atoms with E-state index >= 15 is 0 Å². The highest BCUT2D eigenvalue weighted by molar-refractivity contribution is 7.90. The molecule has 0 unspecified atom stereocenters. The number of esters is 1. The Balaban J connectivity index is 2.48. The minimum atomic E-state index is -3.60. The highest BCUT2D eigenvalue weighted by Gasteiger charge is 2.33. The lowest BCUT2D eigenvalue weighted by Crippen LogP contribution is -2.31. The van der Waals surface area contributed by atoms with Gasteiger partial charge in [0.2, 0.25) is 0 Å². The Kier molecular flexibility index (Phi) is 4.32. The highest BCUT2D eigenvalue weighted by atomic mass is 32.2. The Morgan fingerprint density at radius 3 is 2.67 bits per heavy atom. The molecule has 0 aliphatic carbocycles. The maximum absolute atomic E-state index is 12.0. The van der Waals surface area contributed by atoms with E-state index < -0.39 is 22.0 Å². The van der Waals surface area contributed by atoms with Crippen LogP contribution >= 0.6 is 0 Å². The van der Waals surface area contributed by atoms with Crippen LogP contribution in [0, 0.1) is 5.92 Å². The zero-order valence-electron chi connectivity index (χ0n) is 12.2. The summed E-state index contributed by atoms with van der Waals surface area (Å²) >= 11 is 0. The molecule has 21 heavy (non-hydrogen) atoms. The van der Waals surface area contributed by atoms with Crippen molar-refractivity contribution >= 4 is 21.8 Å². The van der Waals surface area contributed by atoms with Gasteiger partial charge < -0.3 is 4.74 Å². The molecule has 0 aromatic heterocycles. The maximum Gasteiger partial charge on any atom is 0.330 e. The van der Waals surface area contributed by atoms with Gasteiger partial charge in [-0.05, 0) is 18.1 Å². The zero-order chi connectivity index (χ0) is 15.6. The van der Waals surface area contributed by atoms with E-state index in [9.17, 15) is 13.2 Å². The number of benzene rings is 1. The molecule has 2 rings (SSSR count). The van der Waals surface area contributed by atoms with Crippen LogP contribution in [-0.4, -0.2) is 33.4 Å². The highest BCUT2D eigenvalue weighted by Crippen LogP contribution is 2.24. The predicted molar refractivity (Wildman–Crippen MR) is 78.6 cm³/mol. The number of nitrogens with one attached hydrogen (secondary N) is 1. The molecule has 0 bridgehead atoms. The van der Waals surface area contributed by atoms with Crippen LogP contribution in [0.4, 0.5) is 0 Å². The standard InChI is InChI=1S/C14H18N2O4S/c1-4-9(2)12(14(17)20-3)15-13-10-7-5-6-8-11(10)21(18,19)16-13/h5-9,12H,4H2,1-3H3,(H,15,16)/t9-,12-/m0/s1. The van der Waals surface area contributed by atoms with Crippen LogP contribution < -0.4 is 4.72 Å². The summed E-state index contributed by atoms with van der Waals surface area (Å²) in [6.07, 6.45) is 0.727. The Labute approximate surface area is 124 Å². The lowest BCUT2D eigenvalue weighted by molar-refractivity contribution is -0.143. The summed E-state index contributed by atoms with van der Waals surface area (Å²) in [7, 11) is -2.30. The average Bonchev–Trinajstić information content (AvgIpc) is 2.75. The van der Waals surface area contributed by atoms with Crippen LogP contribution in [0.15, 0.2) is 34.2 Å². The fraction of sp³-hybridized carbons (Fsp3) is 0.429. The van der Waals surface area contributed by atoms with Crippen molar-refractivity contribution in [3.05, 3.63) is 29.8 Å². The molecule has 0 saturated heterocycles. The Morgan fingerprint density at radius 1 is 1.38 bits per heavy atom. The fourth-order valence-electron chi connectivity index (χ4n) is 2.13. The van der Waals surface area contributed by atoms with Crippen molar-refractivity contribution in [3.63, 3.8) is 0 Å². The molecule has 1 N–H and O–H groups in total. The van der Waals surface area contributed by atoms with E-state index in [0.29, 0.717) is 5.56 Å². The summed E-state index contributed by atoms with van der Waals surface area (Å²) in [5.41, 5.74) is 0.481. The maximum atomic E-state index is 12.0. The molecule has 0 spiro atoms. The normalized spacial score (nSPS) is 20.4. The second-order valence-electron chi connectivity index (χ2n) is 4.93. The van der Waals surface area contributed by atoms with E-state index in [4.69, 9.17) is 4.74 Å². The molecule has 0 saturated carbocycles. The Morgan fingerprint density at radius 2 is 2.05 bits per heavy atom. The van der Waals surface area contributed by atoms with Crippen molar-refractivity contribution < 1.29 is 17.9 Å². The quantitative estimate of drug-likeness (QED) is 0.850. The van der Waals surface area contributed by atoms with Crippen LogP contribution in [0.1, 0.15) is 25.8 Å². The molecular formula is C14H18N2O4S. The number of hydrogen-bond donors (Lipinski definition) is 1. The SMILES string of the molecule is CC[C@H](C)[C@H](N=C1NS(=O)(=O)c2ccccc21)C(=O)OC. The van der Waals surface area contributed by atoms with Gasteiger partial charge in [-0.2, -0.15) is 0 Å². The second kappa shape index (κ2) is 5.85. The lowest BCUT2D eigenvalue weighted by atomic mass is 9.99. The summed E-state index contributed by atoms with van der Waals surface area (Å²) in [5, 5.41) is 0. The molecular weight excluding hydrogens is 292 g/mol. The minimum Gasteiger partial charge on any atom is -0.467 e. The summed E-state index contributed by atoms with van der Waals surface area (Å²) in [4.78, 5) is 16.4. The predicted octanol–water partition coefficient (Wildman–Crippen LogP) is 1.31. The van der Waals surface area contributed by atoms with Crippen LogP contribution in [0.5, 0.6) is 0 Å². The van der Waals surface area contributed by atoms with Gasteiger partial charge in [0.25, 0.3) is 10.0 Å². The van der Waals surface area contributed by atoms with Crippen molar-refractivity contribution in [2.45, 2.75) is 31.2 Å². The van der Waals surface area contributed by atoms with Gasteiger partial charge in [-0.1, -0.05) is 32.4 Å². The molecule has 114 valence electrons. The van der Waals surface area contributed by atoms with Crippen LogP contribution in [0.2, 0.25) is 0 Å². The average molecular weight is 310 g/mol. The van der Waals surface area contributed by atoms with Crippen molar-refractivity contribution in [3.8, 4) is 0 Å². The number of rotatable bonds is 4. The summed E-state index contributed by atoms with van der Waals surface area (Å²) in [5.74, 6) is -0.330. The molecule has 1 aliphatic heterocycles. The summed E-state index contributed by atoms with van der Waals surface area (Å²) in [6, 6.07) is 5.82. The van der Waals surface area contributed by atoms with Gasteiger partial charge >= 0.3 is 5.97 Å². The number of carbonyl (C=O) groups is 1. The third-order valence-electron chi connectivity index (χ3n) is 3.56. The van der Waals surface area contributed by atoms with E-state index in [2.05, 4.69) is 9.71 Å². The van der Waals surface area contributed by atoms with Crippen molar-refractivity contribution in [2.75, 3.05) is 7.11 Å². The zero-order valence-corrected chi connectivity index (χ0v) is 13.0. The van der Waals surface area contributed by atoms with Gasteiger partial charge in [0.1, 0.15) is 5.84 Å². The number of aliphatic imine (C=N–C) groups is 1. The van der Waals surface area contributed by atoms with Crippen LogP contribution in [0.3, 0.4) is 0 Å². The molecule has 7 heteroatoms. The van der Waals surface area contributed by atoms with Crippen molar-refractivity contribution in [1.29, 1.82) is 0 Å². The summed E-state index contributed by atoms with van der Waals surface area (Å²) in [6.45, 7) is 3.81. The first-order valence-electron chi connectivity index (χ1n) is 6.68. The summed E-state index contributed by atoms with van der Waals surface area (Å²) < 4.78 is 31.2. The number of methoxy groups -OCH3 is 1. The molecule has 0 radical (unpaired) electrons. The van der Waals surface area contributed by atoms with Gasteiger partial charge in [-0.25, -0.2) is 13.2 Å². The molecule has 1 aromatic rings. The van der Waals surface area contributed by atoms with Crippen LogP contribution in [0.25, 0.3) is 0 Å². The number of nitrogens with zero attached hydrogens (tertiary/aromatic N) is 1. The second-order valence-corrected chi connectivity index (χ2v) is 6.58. The number of hydrogen-bond acceptors (Lipinski definition) is 5. The third-order valence-corrected chi connectivity index (χ3v) is 4.95. The molecule has 1 heterocycles. The third kappa shape index (κ3) is 2.92. The lowest BCUT2D eigenvalue weighted by Gasteiger charge is -2.17. The smallest absolute Gasteiger partial charge is 0.330 e. The first-order chi connectivity index (χ1) is 9.90. The van der Waals surface area contributed by atoms with Gasteiger partial charge in [-0.3, -0.25) is 9.71 Å². The largest absolute Gasteiger partial charge is 0.467 e. The first-order valence-corrected chi connectivity index (χ1v) is 8.17. The number of ether oxygens (including phenoxy) is 1. The minimum absolute atomic E-state index is 0.0535. The van der Waals surface area contributed by atoms with Gasteiger partial charge in [0.05, 0.1) is 12.0 Å². The molecule has 0 fully saturated rings. The van der Waals surface area contributed by atoms with E-state index in [0.717, 1.165) is 6.42 Å². The van der Waals surface area contributed by atoms with Crippen molar-refractivity contribution in [2.24, 2.45) is 10.9 Å². The molecule has 1 aliphatic rings. The number of amidine groups is 1. The molecule has 6 nitrogen and oxygen atoms in total. The van der Waals surface area contributed by atoms with E-state index in [1.54, 1.807) is 18.2 Å². The first kappa shape index (κ1) is 15.5. The van der Waals surface area contributed by atoms with E-state index in [1.807, 2.05) is 13.8 Å². The molecule has 2 atom stereocenters. The van der Waals surface area contributed by atoms with Crippen molar-refractivity contribution in [1.82, 2.24) is 4.72 Å². The van der Waals surface area contributed by atoms with Gasteiger partial charge in [0.15, 0.2) is 6.04 Å². The van der Waals surface area contributed by atoms with E-state index in [1.165, 1.54) is 13.2 Å². The van der Waals surface area contributed by atoms with Gasteiger partial charge in [0, 0.05) is 5.56 Å². The number of carbonyl (C=O) groups excluding carboxylic acids is 1. The Bertz CT molecular complexity index is 682. The number of sulfonamides is 1. The number of fused-ring (bicyclic) bond motifs is 1. The van der Waals surface area contributed by atoms with Gasteiger partial charge in [-0.15, -0.1) is 0 Å². The van der Waals surface area contributed by atoms with Crippen LogP contribution in [-0.2, 0) is 19.6 Å². The molecule has 0 amide bonds. The molecule has 1 aromatic carbocycles. The van der Waals surface area contributed by atoms with E-state index in [-0.39, 0.29) is 16.6 Å². The monoisotopic (exact) mass is 310 g/mol. The topological polar surface area (TPSA) is 84.8 Å². The fourth-order valence-corrected chi connectivity index (χ4v) is 3.36.